The van der Waals surface area contributed by atoms with Crippen molar-refractivity contribution in [1.29, 1.82) is 0 Å². The van der Waals surface area contributed by atoms with Crippen LogP contribution >= 0.6 is 0 Å². The van der Waals surface area contributed by atoms with E-state index in [9.17, 15) is 21.6 Å². The third-order valence-electron chi connectivity index (χ3n) is 6.51. The maximum atomic E-state index is 13.2. The number of likely N-dealkylation sites (N-methyl/N-ethyl adjacent to an activating group) is 2. The minimum atomic E-state index is -4.38. The topological polar surface area (TPSA) is 93.8 Å². The largest absolute Gasteiger partial charge is 0.488 e. The van der Waals surface area contributed by atoms with Crippen LogP contribution in [-0.4, -0.2) is 52.5 Å². The Morgan fingerprint density at radius 1 is 1.23 bits per heavy atom. The fraction of sp³-hybridized carbons (Fsp3) is 0.375. The molecule has 35 heavy (non-hydrogen) atoms. The molecule has 0 saturated carbocycles. The normalized spacial score (nSPS) is 23.9. The highest BCUT2D eigenvalue weighted by Crippen LogP contribution is 2.39. The van der Waals surface area contributed by atoms with Crippen molar-refractivity contribution in [3.63, 3.8) is 0 Å². The van der Waals surface area contributed by atoms with Gasteiger partial charge in [0.05, 0.1) is 12.6 Å². The summed E-state index contributed by atoms with van der Waals surface area (Å²) >= 11 is 0. The van der Waals surface area contributed by atoms with Gasteiger partial charge in [-0.25, -0.2) is 13.6 Å². The molecule has 2 aliphatic rings. The monoisotopic (exact) mass is 509 g/mol. The Hall–Kier alpha value is -2.73. The zero-order valence-corrected chi connectivity index (χ0v) is 20.2. The van der Waals surface area contributed by atoms with Gasteiger partial charge >= 0.3 is 6.18 Å². The summed E-state index contributed by atoms with van der Waals surface area (Å²) in [6.45, 7) is 0.732. The van der Waals surface area contributed by atoms with Crippen molar-refractivity contribution >= 4 is 16.4 Å². The zero-order chi connectivity index (χ0) is 25.4. The molecule has 0 saturated heterocycles. The van der Waals surface area contributed by atoms with E-state index >= 15 is 0 Å². The van der Waals surface area contributed by atoms with E-state index in [2.05, 4.69) is 10.3 Å². The SMILES string of the molecule is CNC1Cc2ccc(OCC[N+]3(C)C=NC(S(N)(=O)=O)=C3)cc2C1Cc1cccc(C(F)(F)F)c1. The van der Waals surface area contributed by atoms with E-state index in [1.54, 1.807) is 13.1 Å². The number of hydrogen-bond acceptors (Lipinski definition) is 5. The maximum Gasteiger partial charge on any atom is 0.416 e. The lowest BCUT2D eigenvalue weighted by molar-refractivity contribution is -0.756. The first-order chi connectivity index (χ1) is 16.4. The second-order valence-corrected chi connectivity index (χ2v) is 10.7. The van der Waals surface area contributed by atoms with Crippen LogP contribution in [0.5, 0.6) is 5.75 Å². The Bertz CT molecular complexity index is 1280. The van der Waals surface area contributed by atoms with Gasteiger partial charge in [-0.2, -0.15) is 18.2 Å². The number of fused-ring (bicyclic) bond motifs is 1. The molecule has 0 radical (unpaired) electrons. The van der Waals surface area contributed by atoms with Gasteiger partial charge in [0.25, 0.3) is 10.0 Å². The number of nitrogens with two attached hydrogens (primary N) is 1. The molecule has 0 bridgehead atoms. The number of hydrogen-bond donors (Lipinski definition) is 2. The highest BCUT2D eigenvalue weighted by Gasteiger charge is 2.34. The van der Waals surface area contributed by atoms with Gasteiger partial charge in [-0.15, -0.1) is 0 Å². The summed E-state index contributed by atoms with van der Waals surface area (Å²) in [6, 6.07) is 11.4. The second kappa shape index (κ2) is 9.38. The quantitative estimate of drug-likeness (QED) is 0.535. The molecule has 1 aliphatic heterocycles. The fourth-order valence-electron chi connectivity index (χ4n) is 4.61. The number of halogens is 3. The summed E-state index contributed by atoms with van der Waals surface area (Å²) in [5.74, 6) is 0.644. The third-order valence-corrected chi connectivity index (χ3v) is 7.30. The molecule has 0 amide bonds. The standard InChI is InChI=1S/C24H28F3N4O3S/c1-29-22-12-17-6-7-19(34-9-8-31(2)14-23(30-15-31)35(28,32)33)13-20(17)21(22)11-16-4-3-5-18(10-16)24(25,26)27/h3-7,10,13-15,21-22,29H,8-9,11-12H2,1-2H3,(H2,28,32,33)/q+1. The van der Waals surface area contributed by atoms with Crippen LogP contribution in [0.3, 0.4) is 0 Å². The van der Waals surface area contributed by atoms with Crippen LogP contribution in [0.4, 0.5) is 13.2 Å². The molecule has 2 aromatic rings. The Labute approximate surface area is 202 Å². The van der Waals surface area contributed by atoms with Gasteiger partial charge in [0.2, 0.25) is 5.03 Å². The van der Waals surface area contributed by atoms with Crippen LogP contribution in [0.25, 0.3) is 0 Å². The molecule has 4 rings (SSSR count). The van der Waals surface area contributed by atoms with Crippen LogP contribution in [0, 0.1) is 0 Å². The van der Waals surface area contributed by atoms with E-state index in [1.165, 1.54) is 24.7 Å². The fourth-order valence-corrected chi connectivity index (χ4v) is 5.19. The van der Waals surface area contributed by atoms with Gasteiger partial charge in [0, 0.05) is 12.0 Å². The molecule has 0 aromatic heterocycles. The Balaban J connectivity index is 1.47. The highest BCUT2D eigenvalue weighted by molar-refractivity contribution is 7.93. The summed E-state index contributed by atoms with van der Waals surface area (Å²) in [4.78, 5) is 3.88. The van der Waals surface area contributed by atoms with E-state index in [0.29, 0.717) is 30.9 Å². The van der Waals surface area contributed by atoms with Crippen LogP contribution < -0.4 is 15.2 Å². The van der Waals surface area contributed by atoms with Gasteiger partial charge < -0.3 is 10.1 Å². The molecule has 3 N–H and O–H groups in total. The summed E-state index contributed by atoms with van der Waals surface area (Å²) < 4.78 is 68.6. The number of sulfonamides is 1. The minimum Gasteiger partial charge on any atom is -0.488 e. The maximum absolute atomic E-state index is 13.2. The molecule has 0 spiro atoms. The molecule has 3 atom stereocenters. The average Bonchev–Trinajstić information content (AvgIpc) is 3.34. The number of primary sulfonamides is 1. The molecule has 1 aliphatic carbocycles. The molecule has 11 heteroatoms. The smallest absolute Gasteiger partial charge is 0.416 e. The summed E-state index contributed by atoms with van der Waals surface area (Å²) in [5, 5.41) is 8.27. The van der Waals surface area contributed by atoms with Gasteiger partial charge in [-0.1, -0.05) is 24.3 Å². The van der Waals surface area contributed by atoms with Gasteiger partial charge in [-0.3, -0.25) is 4.48 Å². The van der Waals surface area contributed by atoms with E-state index in [1.807, 2.05) is 25.2 Å². The number of quaternary nitrogens is 1. The van der Waals surface area contributed by atoms with E-state index in [-0.39, 0.29) is 21.5 Å². The Morgan fingerprint density at radius 2 is 2.00 bits per heavy atom. The number of benzene rings is 2. The zero-order valence-electron chi connectivity index (χ0n) is 19.4. The van der Waals surface area contributed by atoms with Gasteiger partial charge in [0.15, 0.2) is 6.34 Å². The lowest BCUT2D eigenvalue weighted by atomic mass is 9.90. The number of rotatable bonds is 8. The molecule has 2 aromatic carbocycles. The minimum absolute atomic E-state index is 0.00227. The first-order valence-electron chi connectivity index (χ1n) is 11.1. The van der Waals surface area contributed by atoms with E-state index in [0.717, 1.165) is 23.6 Å². The number of alkyl halides is 3. The molecule has 3 unspecified atom stereocenters. The van der Waals surface area contributed by atoms with Crippen LogP contribution in [-0.2, 0) is 29.0 Å². The molecular formula is C24H28F3N4O3S+. The predicted molar refractivity (Wildman–Crippen MR) is 127 cm³/mol. The first-order valence-corrected chi connectivity index (χ1v) is 12.7. The van der Waals surface area contributed by atoms with E-state index < -0.39 is 21.8 Å². The lowest BCUT2D eigenvalue weighted by Gasteiger charge is -2.22. The van der Waals surface area contributed by atoms with Crippen molar-refractivity contribution < 1.29 is 30.8 Å². The highest BCUT2D eigenvalue weighted by atomic mass is 32.2. The van der Waals surface area contributed by atoms with Crippen LogP contribution in [0.15, 0.2) is 58.7 Å². The van der Waals surface area contributed by atoms with Crippen molar-refractivity contribution in [3.8, 4) is 5.75 Å². The van der Waals surface area contributed by atoms with Crippen molar-refractivity contribution in [1.82, 2.24) is 5.32 Å². The van der Waals surface area contributed by atoms with Crippen molar-refractivity contribution in [2.45, 2.75) is 31.0 Å². The Morgan fingerprint density at radius 3 is 2.66 bits per heavy atom. The molecular weight excluding hydrogens is 481 g/mol. The number of ether oxygens (including phenoxy) is 1. The second-order valence-electron chi connectivity index (χ2n) is 9.14. The third kappa shape index (κ3) is 5.75. The number of nitrogens with zero attached hydrogens (tertiary/aromatic N) is 2. The van der Waals surface area contributed by atoms with Crippen molar-refractivity contribution in [2.24, 2.45) is 10.1 Å². The molecule has 0 fully saturated rings. The van der Waals surface area contributed by atoms with Gasteiger partial charge in [-0.05, 0) is 54.8 Å². The lowest BCUT2D eigenvalue weighted by Crippen LogP contribution is -2.38. The summed E-state index contributed by atoms with van der Waals surface area (Å²) in [5.41, 5.74) is 2.18. The first kappa shape index (κ1) is 25.4. The Kier molecular flexibility index (Phi) is 6.80. The molecule has 7 nitrogen and oxygen atoms in total. The number of nitrogens with one attached hydrogen (secondary N) is 1. The molecule has 188 valence electrons. The predicted octanol–water partition coefficient (Wildman–Crippen LogP) is 3.13. The van der Waals surface area contributed by atoms with Crippen molar-refractivity contribution in [3.05, 3.63) is 75.9 Å². The van der Waals surface area contributed by atoms with Crippen LogP contribution in [0.2, 0.25) is 0 Å². The number of aliphatic imine (C=N–C) groups is 1. The van der Waals surface area contributed by atoms with Gasteiger partial charge in [0.1, 0.15) is 25.1 Å². The summed E-state index contributed by atoms with van der Waals surface area (Å²) in [6.07, 6.45) is -0.171. The van der Waals surface area contributed by atoms with E-state index in [4.69, 9.17) is 9.88 Å². The summed E-state index contributed by atoms with van der Waals surface area (Å²) in [7, 11) is -0.223. The molecule has 1 heterocycles. The van der Waals surface area contributed by atoms with Crippen molar-refractivity contribution in [2.75, 3.05) is 27.2 Å². The van der Waals surface area contributed by atoms with Crippen LogP contribution in [0.1, 0.15) is 28.2 Å². The average molecular weight is 510 g/mol.